The molecular formula is C20H17N3O3. The predicted molar refractivity (Wildman–Crippen MR) is 96.4 cm³/mol. The summed E-state index contributed by atoms with van der Waals surface area (Å²) in [4.78, 5) is 28.5. The van der Waals surface area contributed by atoms with E-state index >= 15 is 0 Å². The normalized spacial score (nSPS) is 15.9. The number of fused-ring (bicyclic) bond motifs is 1. The molecule has 0 bridgehead atoms. The fourth-order valence-electron chi connectivity index (χ4n) is 3.24. The Morgan fingerprint density at radius 2 is 1.88 bits per heavy atom. The van der Waals surface area contributed by atoms with Crippen molar-refractivity contribution in [2.75, 3.05) is 12.4 Å². The highest BCUT2D eigenvalue weighted by atomic mass is 16.5. The van der Waals surface area contributed by atoms with Crippen LogP contribution in [0.2, 0.25) is 0 Å². The van der Waals surface area contributed by atoms with Crippen molar-refractivity contribution >= 4 is 17.7 Å². The maximum Gasteiger partial charge on any atom is 0.337 e. The summed E-state index contributed by atoms with van der Waals surface area (Å²) in [5.74, 6) is 0.0918. The van der Waals surface area contributed by atoms with Crippen molar-refractivity contribution in [1.82, 2.24) is 9.55 Å². The standard InChI is InChI=1S/C20H17N3O3/c1-26-20(25)14-9-7-13(8-10-14)16-11-17(24)22-19-18(16)21-12-23(19)15-5-3-2-4-6-15/h2-10,12,16H,11H2,1H3,(H,22,24). The number of hydrogen-bond donors (Lipinski definition) is 1. The van der Waals surface area contributed by atoms with Crippen LogP contribution in [0.5, 0.6) is 0 Å². The molecule has 1 aliphatic rings. The molecule has 2 aromatic carbocycles. The van der Waals surface area contributed by atoms with E-state index in [1.165, 1.54) is 7.11 Å². The average molecular weight is 347 g/mol. The zero-order valence-electron chi connectivity index (χ0n) is 14.2. The van der Waals surface area contributed by atoms with Crippen LogP contribution in [0.1, 0.15) is 34.0 Å². The van der Waals surface area contributed by atoms with Crippen LogP contribution in [-0.2, 0) is 9.53 Å². The van der Waals surface area contributed by atoms with Gasteiger partial charge in [0.1, 0.15) is 12.1 Å². The number of esters is 1. The first-order valence-electron chi connectivity index (χ1n) is 8.28. The highest BCUT2D eigenvalue weighted by Gasteiger charge is 2.31. The summed E-state index contributed by atoms with van der Waals surface area (Å²) in [5, 5.41) is 2.93. The summed E-state index contributed by atoms with van der Waals surface area (Å²) in [6.45, 7) is 0. The van der Waals surface area contributed by atoms with Gasteiger partial charge in [-0.3, -0.25) is 9.36 Å². The van der Waals surface area contributed by atoms with E-state index in [2.05, 4.69) is 10.3 Å². The molecular weight excluding hydrogens is 330 g/mol. The molecule has 0 radical (unpaired) electrons. The van der Waals surface area contributed by atoms with Crippen LogP contribution in [0.3, 0.4) is 0 Å². The zero-order valence-corrected chi connectivity index (χ0v) is 14.2. The van der Waals surface area contributed by atoms with Gasteiger partial charge in [-0.1, -0.05) is 30.3 Å². The van der Waals surface area contributed by atoms with Crippen LogP contribution >= 0.6 is 0 Å². The maximum atomic E-state index is 12.3. The topological polar surface area (TPSA) is 73.2 Å². The van der Waals surface area contributed by atoms with E-state index in [1.54, 1.807) is 18.5 Å². The summed E-state index contributed by atoms with van der Waals surface area (Å²) in [6.07, 6.45) is 2.04. The van der Waals surface area contributed by atoms with Crippen molar-refractivity contribution in [1.29, 1.82) is 0 Å². The Hall–Kier alpha value is -3.41. The van der Waals surface area contributed by atoms with Gasteiger partial charge in [-0.25, -0.2) is 9.78 Å². The minimum Gasteiger partial charge on any atom is -0.465 e. The van der Waals surface area contributed by atoms with E-state index in [1.807, 2.05) is 47.0 Å². The van der Waals surface area contributed by atoms with Gasteiger partial charge in [-0.2, -0.15) is 0 Å². The van der Waals surface area contributed by atoms with Crippen molar-refractivity contribution in [3.63, 3.8) is 0 Å². The second kappa shape index (κ2) is 6.48. The molecule has 1 amide bonds. The second-order valence-electron chi connectivity index (χ2n) is 6.10. The van der Waals surface area contributed by atoms with E-state index in [-0.39, 0.29) is 17.8 Å². The number of carbonyl (C=O) groups excluding carboxylic acids is 2. The minimum atomic E-state index is -0.382. The molecule has 4 rings (SSSR count). The van der Waals surface area contributed by atoms with Crippen LogP contribution in [-0.4, -0.2) is 28.5 Å². The number of anilines is 1. The van der Waals surface area contributed by atoms with E-state index < -0.39 is 0 Å². The van der Waals surface area contributed by atoms with Crippen LogP contribution in [0, 0.1) is 0 Å². The largest absolute Gasteiger partial charge is 0.465 e. The number of imidazole rings is 1. The van der Waals surface area contributed by atoms with Crippen molar-refractivity contribution in [3.8, 4) is 5.69 Å². The van der Waals surface area contributed by atoms with Gasteiger partial charge in [0, 0.05) is 18.0 Å². The number of nitrogens with zero attached hydrogens (tertiary/aromatic N) is 2. The number of amides is 1. The SMILES string of the molecule is COC(=O)c1ccc(C2CC(=O)Nc3c2ncn3-c2ccccc2)cc1. The number of hydrogen-bond acceptors (Lipinski definition) is 4. The Labute approximate surface area is 150 Å². The van der Waals surface area contributed by atoms with Gasteiger partial charge < -0.3 is 10.1 Å². The second-order valence-corrected chi connectivity index (χ2v) is 6.10. The number of aromatic nitrogens is 2. The van der Waals surface area contributed by atoms with Gasteiger partial charge in [0.2, 0.25) is 5.91 Å². The minimum absolute atomic E-state index is 0.0581. The summed E-state index contributed by atoms with van der Waals surface area (Å²) >= 11 is 0. The molecule has 3 aromatic rings. The van der Waals surface area contributed by atoms with E-state index in [4.69, 9.17) is 4.74 Å². The number of ether oxygens (including phenoxy) is 1. The zero-order chi connectivity index (χ0) is 18.1. The number of rotatable bonds is 3. The van der Waals surface area contributed by atoms with Crippen LogP contribution < -0.4 is 5.32 Å². The molecule has 0 saturated heterocycles. The lowest BCUT2D eigenvalue weighted by Crippen LogP contribution is -2.25. The van der Waals surface area contributed by atoms with Gasteiger partial charge in [0.25, 0.3) is 0 Å². The molecule has 1 N–H and O–H groups in total. The molecule has 0 saturated carbocycles. The molecule has 2 heterocycles. The van der Waals surface area contributed by atoms with Crippen molar-refractivity contribution < 1.29 is 14.3 Å². The molecule has 130 valence electrons. The third kappa shape index (κ3) is 2.75. The Morgan fingerprint density at radius 3 is 2.58 bits per heavy atom. The molecule has 1 aliphatic heterocycles. The Bertz CT molecular complexity index is 962. The van der Waals surface area contributed by atoms with Gasteiger partial charge >= 0.3 is 5.97 Å². The molecule has 0 spiro atoms. The first-order valence-corrected chi connectivity index (χ1v) is 8.28. The van der Waals surface area contributed by atoms with Gasteiger partial charge in [-0.15, -0.1) is 0 Å². The highest BCUT2D eigenvalue weighted by Crippen LogP contribution is 2.37. The Balaban J connectivity index is 1.73. The molecule has 6 heteroatoms. The summed E-state index contributed by atoms with van der Waals surface area (Å²) in [7, 11) is 1.35. The van der Waals surface area contributed by atoms with Gasteiger partial charge in [-0.05, 0) is 29.8 Å². The fraction of sp³-hybridized carbons (Fsp3) is 0.150. The Morgan fingerprint density at radius 1 is 1.15 bits per heavy atom. The first kappa shape index (κ1) is 16.1. The number of carbonyl (C=O) groups is 2. The number of nitrogens with one attached hydrogen (secondary N) is 1. The lowest BCUT2D eigenvalue weighted by molar-refractivity contribution is -0.116. The summed E-state index contributed by atoms with van der Waals surface area (Å²) in [5.41, 5.74) is 3.17. The fourth-order valence-corrected chi connectivity index (χ4v) is 3.24. The lowest BCUT2D eigenvalue weighted by Gasteiger charge is -2.23. The Kier molecular flexibility index (Phi) is 4.01. The van der Waals surface area contributed by atoms with Gasteiger partial charge in [0.15, 0.2) is 0 Å². The van der Waals surface area contributed by atoms with Crippen molar-refractivity contribution in [2.24, 2.45) is 0 Å². The smallest absolute Gasteiger partial charge is 0.337 e. The van der Waals surface area contributed by atoms with E-state index in [0.717, 1.165) is 16.9 Å². The number of methoxy groups -OCH3 is 1. The molecule has 1 unspecified atom stereocenters. The highest BCUT2D eigenvalue weighted by molar-refractivity contribution is 5.94. The number of benzene rings is 2. The maximum absolute atomic E-state index is 12.3. The predicted octanol–water partition coefficient (Wildman–Crippen LogP) is 3.13. The van der Waals surface area contributed by atoms with E-state index in [0.29, 0.717) is 17.8 Å². The molecule has 1 aromatic heterocycles. The summed E-state index contributed by atoms with van der Waals surface area (Å²) < 4.78 is 6.61. The van der Waals surface area contributed by atoms with Crippen LogP contribution in [0.4, 0.5) is 5.82 Å². The molecule has 6 nitrogen and oxygen atoms in total. The molecule has 0 fully saturated rings. The third-order valence-corrected chi connectivity index (χ3v) is 4.54. The van der Waals surface area contributed by atoms with E-state index in [9.17, 15) is 9.59 Å². The van der Waals surface area contributed by atoms with Crippen LogP contribution in [0.25, 0.3) is 5.69 Å². The first-order chi connectivity index (χ1) is 12.7. The van der Waals surface area contributed by atoms with Crippen LogP contribution in [0.15, 0.2) is 60.9 Å². The average Bonchev–Trinajstić information content (AvgIpc) is 3.11. The van der Waals surface area contributed by atoms with Gasteiger partial charge in [0.05, 0.1) is 18.4 Å². The molecule has 26 heavy (non-hydrogen) atoms. The number of para-hydroxylation sites is 1. The van der Waals surface area contributed by atoms with Crippen molar-refractivity contribution in [2.45, 2.75) is 12.3 Å². The molecule has 0 aliphatic carbocycles. The molecule has 1 atom stereocenters. The summed E-state index contributed by atoms with van der Waals surface area (Å²) in [6, 6.07) is 16.9. The quantitative estimate of drug-likeness (QED) is 0.739. The van der Waals surface area contributed by atoms with Crippen molar-refractivity contribution in [3.05, 3.63) is 77.7 Å². The monoisotopic (exact) mass is 347 g/mol. The third-order valence-electron chi connectivity index (χ3n) is 4.54. The lowest BCUT2D eigenvalue weighted by atomic mass is 9.89.